The lowest BCUT2D eigenvalue weighted by Gasteiger charge is -2.44. The van der Waals surface area contributed by atoms with Crippen LogP contribution in [-0.4, -0.2) is 61.2 Å². The molecule has 1 aromatic heterocycles. The van der Waals surface area contributed by atoms with Crippen LogP contribution in [0.4, 0.5) is 0 Å². The lowest BCUT2D eigenvalue weighted by Crippen LogP contribution is -2.63. The Morgan fingerprint density at radius 3 is 1.95 bits per heavy atom. The molecule has 0 N–H and O–H groups in total. The maximum Gasteiger partial charge on any atom is 0.339 e. The monoisotopic (exact) mass is 534 g/mol. The zero-order valence-electron chi connectivity index (χ0n) is 22.1. The van der Waals surface area contributed by atoms with Crippen LogP contribution in [0.3, 0.4) is 0 Å². The Hall–Kier alpha value is -3.93. The van der Waals surface area contributed by atoms with Crippen molar-refractivity contribution < 1.29 is 52.0 Å². The van der Waals surface area contributed by atoms with Crippen molar-refractivity contribution in [1.82, 2.24) is 0 Å². The zero-order chi connectivity index (χ0) is 28.3. The van der Waals surface area contributed by atoms with Crippen molar-refractivity contribution in [3.63, 3.8) is 0 Å². The number of hydrogen-bond acceptors (Lipinski definition) is 12. The molecular weight excluding hydrogens is 504 g/mol. The molecule has 1 aliphatic rings. The van der Waals surface area contributed by atoms with Gasteiger partial charge in [0.25, 0.3) is 0 Å². The highest BCUT2D eigenvalue weighted by Crippen LogP contribution is 2.35. The fourth-order valence-electron chi connectivity index (χ4n) is 4.19. The van der Waals surface area contributed by atoms with E-state index in [0.29, 0.717) is 22.1 Å². The first kappa shape index (κ1) is 28.6. The largest absolute Gasteiger partial charge is 0.463 e. The average Bonchev–Trinajstić information content (AvgIpc) is 2.78. The van der Waals surface area contributed by atoms with Crippen molar-refractivity contribution in [1.29, 1.82) is 0 Å². The van der Waals surface area contributed by atoms with Gasteiger partial charge in [0.2, 0.25) is 12.4 Å². The van der Waals surface area contributed by atoms with E-state index >= 15 is 0 Å². The van der Waals surface area contributed by atoms with Crippen molar-refractivity contribution in [3.05, 3.63) is 39.2 Å². The van der Waals surface area contributed by atoms with E-state index in [-0.39, 0.29) is 17.9 Å². The fourth-order valence-corrected chi connectivity index (χ4v) is 4.19. The van der Waals surface area contributed by atoms with Crippen LogP contribution in [0.2, 0.25) is 0 Å². The van der Waals surface area contributed by atoms with Gasteiger partial charge in [-0.05, 0) is 44.0 Å². The first-order valence-corrected chi connectivity index (χ1v) is 11.8. The van der Waals surface area contributed by atoms with Crippen molar-refractivity contribution in [2.75, 3.05) is 6.61 Å². The van der Waals surface area contributed by atoms with Crippen LogP contribution in [0.5, 0.6) is 5.75 Å². The molecule has 12 nitrogen and oxygen atoms in total. The van der Waals surface area contributed by atoms with Crippen LogP contribution < -0.4 is 10.4 Å². The van der Waals surface area contributed by atoms with Gasteiger partial charge in [-0.2, -0.15) is 0 Å². The summed E-state index contributed by atoms with van der Waals surface area (Å²) in [6, 6.07) is 3.34. The molecule has 0 spiro atoms. The SMILES string of the molecule is CC(=O)OC[C@H]1O[C@H](Oc2cc(C)cc3oc(=O)c(C)c(C)c23)[C@H](OC(C)=O)[C@@H](OC(C)=O)[C@@H]1OC(C)=O. The molecule has 0 bridgehead atoms. The van der Waals surface area contributed by atoms with Gasteiger partial charge >= 0.3 is 29.5 Å². The molecule has 0 amide bonds. The number of rotatable bonds is 7. The molecule has 3 rings (SSSR count). The zero-order valence-corrected chi connectivity index (χ0v) is 22.1. The highest BCUT2D eigenvalue weighted by Gasteiger charge is 2.53. The number of carbonyl (C=O) groups is 4. The molecule has 38 heavy (non-hydrogen) atoms. The van der Waals surface area contributed by atoms with E-state index in [0.717, 1.165) is 20.8 Å². The Bertz CT molecular complexity index is 1310. The molecule has 206 valence electrons. The quantitative estimate of drug-likeness (QED) is 0.290. The van der Waals surface area contributed by atoms with Gasteiger partial charge in [0, 0.05) is 33.3 Å². The Morgan fingerprint density at radius 1 is 0.789 bits per heavy atom. The molecule has 0 radical (unpaired) electrons. The summed E-state index contributed by atoms with van der Waals surface area (Å²) in [6.45, 7) is 9.29. The molecule has 2 aromatic rings. The van der Waals surface area contributed by atoms with E-state index in [9.17, 15) is 24.0 Å². The topological polar surface area (TPSA) is 154 Å². The third-order valence-corrected chi connectivity index (χ3v) is 5.85. The molecule has 12 heteroatoms. The molecule has 1 aromatic carbocycles. The number of hydrogen-bond donors (Lipinski definition) is 0. The van der Waals surface area contributed by atoms with Gasteiger partial charge in [-0.25, -0.2) is 4.79 Å². The number of benzene rings is 1. The summed E-state index contributed by atoms with van der Waals surface area (Å²) < 4.78 is 39.0. The van der Waals surface area contributed by atoms with E-state index in [2.05, 4.69) is 0 Å². The normalized spacial score (nSPS) is 22.9. The van der Waals surface area contributed by atoms with Gasteiger partial charge in [-0.1, -0.05) is 0 Å². The summed E-state index contributed by atoms with van der Waals surface area (Å²) in [5.74, 6) is -2.66. The summed E-state index contributed by atoms with van der Waals surface area (Å²) in [5.41, 5.74) is 1.41. The van der Waals surface area contributed by atoms with Gasteiger partial charge in [-0.15, -0.1) is 0 Å². The van der Waals surface area contributed by atoms with Gasteiger partial charge in [0.1, 0.15) is 24.0 Å². The minimum Gasteiger partial charge on any atom is -0.463 e. The number of carbonyl (C=O) groups excluding carboxylic acids is 4. The second-order valence-electron chi connectivity index (χ2n) is 8.96. The molecule has 5 atom stereocenters. The Balaban J connectivity index is 2.15. The maximum absolute atomic E-state index is 12.3. The summed E-state index contributed by atoms with van der Waals surface area (Å²) >= 11 is 0. The minimum atomic E-state index is -1.42. The summed E-state index contributed by atoms with van der Waals surface area (Å²) in [5, 5.41) is 0.473. The van der Waals surface area contributed by atoms with Gasteiger partial charge < -0.3 is 32.8 Å². The van der Waals surface area contributed by atoms with E-state index in [4.69, 9.17) is 32.8 Å². The third-order valence-electron chi connectivity index (χ3n) is 5.85. The van der Waals surface area contributed by atoms with Crippen LogP contribution in [0.25, 0.3) is 11.0 Å². The highest BCUT2D eigenvalue weighted by molar-refractivity contribution is 5.88. The molecule has 0 aliphatic carbocycles. The Morgan fingerprint density at radius 2 is 1.37 bits per heavy atom. The van der Waals surface area contributed by atoms with Crippen molar-refractivity contribution in [2.45, 2.75) is 79.2 Å². The van der Waals surface area contributed by atoms with Crippen molar-refractivity contribution in [2.24, 2.45) is 0 Å². The number of fused-ring (bicyclic) bond motifs is 1. The number of ether oxygens (including phenoxy) is 6. The third kappa shape index (κ3) is 6.49. The summed E-state index contributed by atoms with van der Waals surface area (Å²) in [4.78, 5) is 59.8. The van der Waals surface area contributed by atoms with E-state index in [1.165, 1.54) is 6.92 Å². The minimum absolute atomic E-state index is 0.227. The molecular formula is C26H30O12. The van der Waals surface area contributed by atoms with Crippen molar-refractivity contribution >= 4 is 34.8 Å². The van der Waals surface area contributed by atoms with Crippen LogP contribution in [-0.2, 0) is 42.9 Å². The molecule has 2 heterocycles. The van der Waals surface area contributed by atoms with E-state index in [1.54, 1.807) is 32.9 Å². The second kappa shape index (κ2) is 11.6. The standard InChI is InChI=1S/C26H30O12/c1-11-8-18-21(12(2)13(3)25(31)36-18)19(9-11)37-26-24(35-17(7)30)23(34-16(6)29)22(33-15(5)28)20(38-26)10-32-14(4)27/h8-9,20,22-24,26H,10H2,1-7H3/t20-,22-,23+,24-,26+/m1/s1. The predicted octanol–water partition coefficient (Wildman–Crippen LogP) is 2.18. The van der Waals surface area contributed by atoms with Crippen LogP contribution >= 0.6 is 0 Å². The lowest BCUT2D eigenvalue weighted by molar-refractivity contribution is -0.288. The first-order chi connectivity index (χ1) is 17.8. The lowest BCUT2D eigenvalue weighted by atomic mass is 9.98. The van der Waals surface area contributed by atoms with Gasteiger partial charge in [-0.3, -0.25) is 19.2 Å². The van der Waals surface area contributed by atoms with Crippen LogP contribution in [0.15, 0.2) is 21.3 Å². The fraction of sp³-hybridized carbons (Fsp3) is 0.500. The first-order valence-electron chi connectivity index (χ1n) is 11.8. The average molecular weight is 535 g/mol. The number of esters is 4. The predicted molar refractivity (Wildman–Crippen MR) is 129 cm³/mol. The summed E-state index contributed by atoms with van der Waals surface area (Å²) in [6.07, 6.45) is -6.68. The molecule has 0 unspecified atom stereocenters. The highest BCUT2D eigenvalue weighted by atomic mass is 16.7. The van der Waals surface area contributed by atoms with E-state index in [1.807, 2.05) is 0 Å². The molecule has 0 saturated carbocycles. The molecule has 1 fully saturated rings. The molecule has 1 saturated heterocycles. The van der Waals surface area contributed by atoms with Crippen molar-refractivity contribution in [3.8, 4) is 5.75 Å². The van der Waals surface area contributed by atoms with E-state index < -0.39 is 60.2 Å². The Labute approximate surface area is 218 Å². The van der Waals surface area contributed by atoms with Gasteiger partial charge in [0.15, 0.2) is 12.2 Å². The Kier molecular flexibility index (Phi) is 8.77. The van der Waals surface area contributed by atoms with Crippen LogP contribution in [0.1, 0.15) is 44.4 Å². The second-order valence-corrected chi connectivity index (χ2v) is 8.96. The maximum atomic E-state index is 12.3. The van der Waals surface area contributed by atoms with Crippen LogP contribution in [0, 0.1) is 20.8 Å². The summed E-state index contributed by atoms with van der Waals surface area (Å²) in [7, 11) is 0. The van der Waals surface area contributed by atoms with Gasteiger partial charge in [0.05, 0.1) is 5.39 Å². The number of aryl methyl sites for hydroxylation is 2. The smallest absolute Gasteiger partial charge is 0.339 e. The molecule has 1 aliphatic heterocycles.